The molecule has 6 nitrogen and oxygen atoms in total. The molecule has 0 spiro atoms. The lowest BCUT2D eigenvalue weighted by Crippen LogP contribution is -2.31. The SMILES string of the molecule is Cc1noc(C)c1CSCC(=O)N(Cc1ccco1)Cc1ccco1. The number of carbonyl (C=O) groups excluding carboxylic acids is 1. The highest BCUT2D eigenvalue weighted by atomic mass is 32.2. The van der Waals surface area contributed by atoms with Gasteiger partial charge in [-0.15, -0.1) is 11.8 Å². The molecular weight excluding hydrogens is 340 g/mol. The Balaban J connectivity index is 1.60. The van der Waals surface area contributed by atoms with Gasteiger partial charge in [0.05, 0.1) is 37.1 Å². The van der Waals surface area contributed by atoms with Crippen LogP contribution in [0, 0.1) is 13.8 Å². The lowest BCUT2D eigenvalue weighted by Gasteiger charge is -2.20. The van der Waals surface area contributed by atoms with Gasteiger partial charge in [-0.2, -0.15) is 0 Å². The molecule has 0 unspecified atom stereocenters. The van der Waals surface area contributed by atoms with Crippen LogP contribution in [0.2, 0.25) is 0 Å². The van der Waals surface area contributed by atoms with Crippen LogP contribution in [0.15, 0.2) is 50.1 Å². The van der Waals surface area contributed by atoms with E-state index in [0.717, 1.165) is 28.5 Å². The van der Waals surface area contributed by atoms with E-state index in [9.17, 15) is 4.79 Å². The van der Waals surface area contributed by atoms with Gasteiger partial charge in [0.2, 0.25) is 5.91 Å². The van der Waals surface area contributed by atoms with E-state index < -0.39 is 0 Å². The van der Waals surface area contributed by atoms with Crippen LogP contribution in [0.3, 0.4) is 0 Å². The molecule has 0 radical (unpaired) electrons. The number of hydrogen-bond donors (Lipinski definition) is 0. The third-order valence-electron chi connectivity index (χ3n) is 3.86. The molecule has 3 aromatic heterocycles. The zero-order valence-corrected chi connectivity index (χ0v) is 15.0. The number of aromatic nitrogens is 1. The zero-order chi connectivity index (χ0) is 17.6. The molecule has 0 atom stereocenters. The Morgan fingerprint density at radius 1 is 1.12 bits per heavy atom. The van der Waals surface area contributed by atoms with Gasteiger partial charge in [-0.25, -0.2) is 0 Å². The minimum absolute atomic E-state index is 0.0320. The van der Waals surface area contributed by atoms with Gasteiger partial charge < -0.3 is 18.3 Å². The molecule has 0 saturated carbocycles. The Morgan fingerprint density at radius 2 is 1.76 bits per heavy atom. The lowest BCUT2D eigenvalue weighted by molar-refractivity contribution is -0.130. The minimum atomic E-state index is 0.0320. The fourth-order valence-corrected chi connectivity index (χ4v) is 3.53. The molecule has 0 aliphatic carbocycles. The van der Waals surface area contributed by atoms with E-state index in [2.05, 4.69) is 5.16 Å². The number of hydrogen-bond acceptors (Lipinski definition) is 6. The zero-order valence-electron chi connectivity index (χ0n) is 14.2. The van der Waals surface area contributed by atoms with Gasteiger partial charge in [0.1, 0.15) is 17.3 Å². The second kappa shape index (κ2) is 8.11. The number of thioether (sulfide) groups is 1. The van der Waals surface area contributed by atoms with Crippen LogP contribution in [0.5, 0.6) is 0 Å². The minimum Gasteiger partial charge on any atom is -0.467 e. The number of amides is 1. The molecule has 0 fully saturated rings. The van der Waals surface area contributed by atoms with Crippen molar-refractivity contribution in [1.29, 1.82) is 0 Å². The Labute approximate surface area is 150 Å². The van der Waals surface area contributed by atoms with Crippen LogP contribution in [0.4, 0.5) is 0 Å². The predicted octanol–water partition coefficient (Wildman–Crippen LogP) is 3.94. The monoisotopic (exact) mass is 360 g/mol. The van der Waals surface area contributed by atoms with Crippen molar-refractivity contribution in [2.45, 2.75) is 32.7 Å². The first-order chi connectivity index (χ1) is 12.1. The quantitative estimate of drug-likeness (QED) is 0.606. The number of aryl methyl sites for hydroxylation is 2. The maximum absolute atomic E-state index is 12.7. The van der Waals surface area contributed by atoms with Crippen molar-refractivity contribution in [1.82, 2.24) is 10.1 Å². The van der Waals surface area contributed by atoms with Crippen molar-refractivity contribution in [3.63, 3.8) is 0 Å². The molecule has 0 aromatic carbocycles. The summed E-state index contributed by atoms with van der Waals surface area (Å²) >= 11 is 1.55. The second-order valence-corrected chi connectivity index (χ2v) is 6.69. The smallest absolute Gasteiger partial charge is 0.233 e. The summed E-state index contributed by atoms with van der Waals surface area (Å²) < 4.78 is 15.9. The van der Waals surface area contributed by atoms with Gasteiger partial charge in [0, 0.05) is 11.3 Å². The molecule has 132 valence electrons. The van der Waals surface area contributed by atoms with Crippen LogP contribution in [0.25, 0.3) is 0 Å². The predicted molar refractivity (Wildman–Crippen MR) is 93.8 cm³/mol. The maximum Gasteiger partial charge on any atom is 0.233 e. The second-order valence-electron chi connectivity index (χ2n) is 5.70. The molecular formula is C18H20N2O4S. The molecule has 3 aromatic rings. The van der Waals surface area contributed by atoms with Crippen molar-refractivity contribution in [3.05, 3.63) is 65.3 Å². The van der Waals surface area contributed by atoms with E-state index in [4.69, 9.17) is 13.4 Å². The average Bonchev–Trinajstić information content (AvgIpc) is 3.33. The van der Waals surface area contributed by atoms with E-state index in [0.29, 0.717) is 24.6 Å². The van der Waals surface area contributed by atoms with Crippen LogP contribution in [0.1, 0.15) is 28.5 Å². The summed E-state index contributed by atoms with van der Waals surface area (Å²) in [6.45, 7) is 4.63. The first-order valence-electron chi connectivity index (χ1n) is 7.95. The Hall–Kier alpha value is -2.41. The fraction of sp³-hybridized carbons (Fsp3) is 0.333. The van der Waals surface area contributed by atoms with Crippen molar-refractivity contribution in [2.75, 3.05) is 5.75 Å². The molecule has 0 aliphatic rings. The van der Waals surface area contributed by atoms with Crippen molar-refractivity contribution in [2.24, 2.45) is 0 Å². The number of carbonyl (C=O) groups is 1. The first kappa shape index (κ1) is 17.4. The molecule has 3 heterocycles. The Kier molecular flexibility index (Phi) is 5.65. The highest BCUT2D eigenvalue weighted by molar-refractivity contribution is 7.99. The lowest BCUT2D eigenvalue weighted by atomic mass is 10.2. The summed E-state index contributed by atoms with van der Waals surface area (Å²) in [7, 11) is 0. The van der Waals surface area contributed by atoms with Gasteiger partial charge in [0.15, 0.2) is 0 Å². The molecule has 0 saturated heterocycles. The van der Waals surface area contributed by atoms with E-state index in [1.165, 1.54) is 0 Å². The largest absolute Gasteiger partial charge is 0.467 e. The van der Waals surface area contributed by atoms with E-state index in [1.54, 1.807) is 29.2 Å². The third kappa shape index (κ3) is 4.57. The number of furan rings is 2. The van der Waals surface area contributed by atoms with Gasteiger partial charge in [0.25, 0.3) is 0 Å². The topological polar surface area (TPSA) is 72.6 Å². The number of nitrogens with zero attached hydrogens (tertiary/aromatic N) is 2. The summed E-state index contributed by atoms with van der Waals surface area (Å²) in [6.07, 6.45) is 3.22. The first-order valence-corrected chi connectivity index (χ1v) is 9.11. The summed E-state index contributed by atoms with van der Waals surface area (Å²) in [4.78, 5) is 14.4. The Morgan fingerprint density at radius 3 is 2.24 bits per heavy atom. The van der Waals surface area contributed by atoms with E-state index in [-0.39, 0.29) is 5.91 Å². The maximum atomic E-state index is 12.7. The van der Waals surface area contributed by atoms with Crippen LogP contribution < -0.4 is 0 Å². The molecule has 25 heavy (non-hydrogen) atoms. The normalized spacial score (nSPS) is 11.0. The van der Waals surface area contributed by atoms with Gasteiger partial charge in [-0.3, -0.25) is 4.79 Å². The molecule has 0 aliphatic heterocycles. The highest BCUT2D eigenvalue weighted by Crippen LogP contribution is 2.20. The summed E-state index contributed by atoms with van der Waals surface area (Å²) in [5.41, 5.74) is 1.93. The fourth-order valence-electron chi connectivity index (χ4n) is 2.45. The van der Waals surface area contributed by atoms with Gasteiger partial charge in [-0.05, 0) is 38.1 Å². The summed E-state index contributed by atoms with van der Waals surface area (Å²) in [6, 6.07) is 7.35. The molecule has 0 bridgehead atoms. The van der Waals surface area contributed by atoms with Gasteiger partial charge in [-0.1, -0.05) is 5.16 Å². The standard InChI is InChI=1S/C18H20N2O4S/c1-13-17(14(2)24-19-13)11-25-12-18(21)20(9-15-5-3-7-22-15)10-16-6-4-8-23-16/h3-8H,9-12H2,1-2H3. The van der Waals surface area contributed by atoms with Crippen LogP contribution >= 0.6 is 11.8 Å². The molecule has 3 rings (SSSR count). The summed E-state index contributed by atoms with van der Waals surface area (Å²) in [5, 5.41) is 3.94. The van der Waals surface area contributed by atoms with Crippen molar-refractivity contribution in [3.8, 4) is 0 Å². The van der Waals surface area contributed by atoms with E-state index >= 15 is 0 Å². The molecule has 1 amide bonds. The average molecular weight is 360 g/mol. The highest BCUT2D eigenvalue weighted by Gasteiger charge is 2.18. The van der Waals surface area contributed by atoms with Gasteiger partial charge >= 0.3 is 0 Å². The van der Waals surface area contributed by atoms with Crippen molar-refractivity contribution >= 4 is 17.7 Å². The van der Waals surface area contributed by atoms with E-state index in [1.807, 2.05) is 38.1 Å². The molecule has 0 N–H and O–H groups in total. The van der Waals surface area contributed by atoms with Crippen molar-refractivity contribution < 1.29 is 18.2 Å². The summed E-state index contributed by atoms with van der Waals surface area (Å²) in [5.74, 6) is 3.39. The third-order valence-corrected chi connectivity index (χ3v) is 4.80. The van der Waals surface area contributed by atoms with Crippen LogP contribution in [-0.4, -0.2) is 21.7 Å². The number of rotatable bonds is 8. The Bertz CT molecular complexity index is 738. The molecule has 7 heteroatoms. The van der Waals surface area contributed by atoms with Crippen LogP contribution in [-0.2, 0) is 23.6 Å².